The van der Waals surface area contributed by atoms with Gasteiger partial charge in [0.15, 0.2) is 0 Å². The van der Waals surface area contributed by atoms with Crippen molar-refractivity contribution in [3.05, 3.63) is 47.4 Å². The van der Waals surface area contributed by atoms with Gasteiger partial charge in [0.25, 0.3) is 0 Å². The van der Waals surface area contributed by atoms with Crippen molar-refractivity contribution in [1.29, 1.82) is 0 Å². The molecule has 2 aliphatic heterocycles. The zero-order chi connectivity index (χ0) is 27.7. The normalized spacial score (nSPS) is 22.6. The second-order valence-electron chi connectivity index (χ2n) is 10.6. The number of hydrogen-bond donors (Lipinski definition) is 3. The first kappa shape index (κ1) is 30.9. The number of benzene rings is 1. The molecule has 0 bridgehead atoms. The van der Waals surface area contributed by atoms with Gasteiger partial charge in [-0.2, -0.15) is 18.3 Å². The van der Waals surface area contributed by atoms with E-state index >= 15 is 0 Å². The number of nitrogens with zero attached hydrogens (tertiary/aromatic N) is 3. The van der Waals surface area contributed by atoms with Gasteiger partial charge in [0.2, 0.25) is 0 Å². The van der Waals surface area contributed by atoms with Gasteiger partial charge in [-0.15, -0.1) is 0 Å². The molecule has 1 aromatic heterocycles. The van der Waals surface area contributed by atoms with Crippen LogP contribution in [0, 0.1) is 17.8 Å². The smallest absolute Gasteiger partial charge is 0.398 e. The summed E-state index contributed by atoms with van der Waals surface area (Å²) in [5.74, 6) is 2.08. The van der Waals surface area contributed by atoms with Crippen LogP contribution in [0.2, 0.25) is 0 Å². The van der Waals surface area contributed by atoms with Crippen LogP contribution in [0.1, 0.15) is 50.7 Å². The molecule has 7 nitrogen and oxygen atoms in total. The number of likely N-dealkylation sites (tertiary alicyclic amines) is 1. The van der Waals surface area contributed by atoms with Gasteiger partial charge >= 0.3 is 6.18 Å². The van der Waals surface area contributed by atoms with Crippen molar-refractivity contribution < 1.29 is 17.9 Å². The molecule has 3 heterocycles. The summed E-state index contributed by atoms with van der Waals surface area (Å²) in [6.07, 6.45) is 5.41. The summed E-state index contributed by atoms with van der Waals surface area (Å²) in [6.45, 7) is 3.88. The minimum Gasteiger partial charge on any atom is -0.398 e. The van der Waals surface area contributed by atoms with Gasteiger partial charge in [-0.05, 0) is 61.7 Å². The van der Waals surface area contributed by atoms with E-state index in [4.69, 9.17) is 37.6 Å². The first-order valence-electron chi connectivity index (χ1n) is 13.0. The quantitative estimate of drug-likeness (QED) is 0.404. The second kappa shape index (κ2) is 12.3. The molecule has 1 aliphatic carbocycles. The Hall–Kier alpha value is -2.59. The molecule has 12 heteroatoms. The summed E-state index contributed by atoms with van der Waals surface area (Å²) in [5.41, 5.74) is 15.4. The Morgan fingerprint density at radius 1 is 1.03 bits per heavy atom. The second-order valence-corrected chi connectivity index (χ2v) is 10.6. The van der Waals surface area contributed by atoms with Crippen LogP contribution >= 0.6 is 0 Å². The highest BCUT2D eigenvalue weighted by molar-refractivity contribution is 6.40. The molecule has 4 radical (unpaired) electrons. The summed E-state index contributed by atoms with van der Waals surface area (Å²) in [7, 11) is 14.4. The van der Waals surface area contributed by atoms with Gasteiger partial charge in [-0.25, -0.2) is 0 Å². The minimum atomic E-state index is -4.56. The van der Waals surface area contributed by atoms with Crippen molar-refractivity contribution in [2.24, 2.45) is 42.0 Å². The Morgan fingerprint density at radius 2 is 1.64 bits per heavy atom. The fourth-order valence-corrected chi connectivity index (χ4v) is 6.00. The van der Waals surface area contributed by atoms with Crippen LogP contribution in [-0.2, 0) is 18.0 Å². The fourth-order valence-electron chi connectivity index (χ4n) is 6.00. The van der Waals surface area contributed by atoms with Gasteiger partial charge < -0.3 is 26.8 Å². The average molecular weight is 542 g/mol. The molecule has 210 valence electrons. The zero-order valence-electron chi connectivity index (χ0n) is 21.8. The maximum atomic E-state index is 13.4. The summed E-state index contributed by atoms with van der Waals surface area (Å²) in [5, 5.41) is 3.35. The van der Waals surface area contributed by atoms with E-state index in [1.54, 1.807) is 7.05 Å². The monoisotopic (exact) mass is 542 g/mol. The lowest BCUT2D eigenvalue weighted by Gasteiger charge is -2.45. The molecular formula is C27H39B2F3N6O. The molecule has 39 heavy (non-hydrogen) atoms. The number of allylic oxidation sites excluding steroid dienone is 2. The van der Waals surface area contributed by atoms with E-state index in [0.29, 0.717) is 5.92 Å². The standard InChI is InChI=1S/C13H21B2NO.C13H14F3N5.CH4/c14-13(15,12-4-6-17-7-5-12)16-8-10-2-1-3-11(10)9-16;1-21-6-8-10(20-21)4-2-7(12(8)13(14,15)16)9(17)3-5-11(18)19;/h10-12H,1-9H2;2-6H,17-19H2,1H3;1H4/b;9-3-;. The van der Waals surface area contributed by atoms with Crippen LogP contribution in [0.4, 0.5) is 13.2 Å². The minimum absolute atomic E-state index is 0. The highest BCUT2D eigenvalue weighted by Crippen LogP contribution is 2.42. The largest absolute Gasteiger partial charge is 0.417 e. The number of aryl methyl sites for hydroxylation is 1. The van der Waals surface area contributed by atoms with E-state index in [9.17, 15) is 13.2 Å². The number of rotatable bonds is 4. The van der Waals surface area contributed by atoms with Crippen LogP contribution in [-0.4, -0.2) is 62.0 Å². The molecule has 2 unspecified atom stereocenters. The number of halogens is 3. The number of aromatic nitrogens is 2. The van der Waals surface area contributed by atoms with E-state index in [1.807, 2.05) is 0 Å². The topological polar surface area (TPSA) is 108 Å². The third-order valence-electron chi connectivity index (χ3n) is 8.00. The molecule has 1 aromatic carbocycles. The summed E-state index contributed by atoms with van der Waals surface area (Å²) in [6, 6.07) is 2.76. The van der Waals surface area contributed by atoms with E-state index in [1.165, 1.54) is 54.4 Å². The lowest BCUT2D eigenvalue weighted by molar-refractivity contribution is -0.136. The predicted octanol–water partition coefficient (Wildman–Crippen LogP) is 3.42. The highest BCUT2D eigenvalue weighted by atomic mass is 19.4. The van der Waals surface area contributed by atoms with Crippen molar-refractivity contribution in [3.8, 4) is 0 Å². The van der Waals surface area contributed by atoms with Crippen LogP contribution < -0.4 is 17.2 Å². The van der Waals surface area contributed by atoms with E-state index < -0.39 is 17.1 Å². The van der Waals surface area contributed by atoms with Crippen molar-refractivity contribution in [3.63, 3.8) is 0 Å². The van der Waals surface area contributed by atoms with Crippen molar-refractivity contribution in [1.82, 2.24) is 14.7 Å². The summed E-state index contributed by atoms with van der Waals surface area (Å²) >= 11 is 0. The van der Waals surface area contributed by atoms with Crippen LogP contribution in [0.5, 0.6) is 0 Å². The lowest BCUT2D eigenvalue weighted by atomic mass is 9.52. The molecule has 1 saturated carbocycles. The number of fused-ring (bicyclic) bond motifs is 2. The molecule has 6 N–H and O–H groups in total. The number of nitrogens with two attached hydrogens (primary N) is 3. The summed E-state index contributed by atoms with van der Waals surface area (Å²) in [4.78, 5) is 2.36. The number of hydrogen-bond acceptors (Lipinski definition) is 6. The van der Waals surface area contributed by atoms with E-state index in [0.717, 1.165) is 51.0 Å². The fraction of sp³-hybridized carbons (Fsp3) is 0.593. The average Bonchev–Trinajstić information content (AvgIpc) is 3.56. The van der Waals surface area contributed by atoms with E-state index in [-0.39, 0.29) is 35.4 Å². The Morgan fingerprint density at radius 3 is 2.21 bits per heavy atom. The highest BCUT2D eigenvalue weighted by Gasteiger charge is 2.44. The third kappa shape index (κ3) is 6.95. The first-order valence-corrected chi connectivity index (χ1v) is 13.0. The zero-order valence-corrected chi connectivity index (χ0v) is 21.8. The van der Waals surface area contributed by atoms with Gasteiger partial charge in [0, 0.05) is 56.2 Å². The number of alkyl halides is 3. The molecule has 3 aliphatic rings. The molecule has 2 saturated heterocycles. The summed E-state index contributed by atoms with van der Waals surface area (Å²) < 4.78 is 46.8. The van der Waals surface area contributed by atoms with Crippen LogP contribution in [0.15, 0.2) is 36.3 Å². The Balaban J connectivity index is 0.000000214. The van der Waals surface area contributed by atoms with Gasteiger partial charge in [0.05, 0.1) is 32.6 Å². The maximum Gasteiger partial charge on any atom is 0.417 e. The molecule has 3 fully saturated rings. The lowest BCUT2D eigenvalue weighted by Crippen LogP contribution is -2.55. The molecular weight excluding hydrogens is 503 g/mol. The van der Waals surface area contributed by atoms with Crippen molar-refractivity contribution in [2.75, 3.05) is 26.3 Å². The predicted molar refractivity (Wildman–Crippen MR) is 151 cm³/mol. The first-order chi connectivity index (χ1) is 17.9. The molecule has 0 amide bonds. The van der Waals surface area contributed by atoms with Crippen molar-refractivity contribution >= 4 is 32.3 Å². The maximum absolute atomic E-state index is 13.4. The SMILES string of the molecule is C.Cn1cc2c(C(F)(F)F)c(/C(N)=C/C=C(N)N)ccc2n1.[B]C([B])(C1CCOCC1)N1CC2CCCC2C1. The molecule has 0 spiro atoms. The van der Waals surface area contributed by atoms with Gasteiger partial charge in [0.1, 0.15) is 0 Å². The van der Waals surface area contributed by atoms with Gasteiger partial charge in [-0.3, -0.25) is 4.68 Å². The van der Waals surface area contributed by atoms with Crippen molar-refractivity contribution in [2.45, 2.75) is 51.0 Å². The van der Waals surface area contributed by atoms with Crippen LogP contribution in [0.3, 0.4) is 0 Å². The van der Waals surface area contributed by atoms with Crippen LogP contribution in [0.25, 0.3) is 16.6 Å². The number of ether oxygens (including phenoxy) is 1. The van der Waals surface area contributed by atoms with E-state index in [2.05, 4.69) is 10.00 Å². The molecule has 5 rings (SSSR count). The van der Waals surface area contributed by atoms with Gasteiger partial charge in [-0.1, -0.05) is 25.3 Å². The Labute approximate surface area is 231 Å². The Bertz CT molecular complexity index is 1170. The molecule has 2 atom stereocenters. The third-order valence-corrected chi connectivity index (χ3v) is 8.00. The Kier molecular flexibility index (Phi) is 9.75. The molecule has 2 aromatic rings.